The Kier molecular flexibility index (Phi) is 3.94. The molecule has 0 bridgehead atoms. The zero-order chi connectivity index (χ0) is 17.6. The molecule has 6 nitrogen and oxygen atoms in total. The van der Waals surface area contributed by atoms with Crippen LogP contribution in [-0.4, -0.2) is 28.3 Å². The summed E-state index contributed by atoms with van der Waals surface area (Å²) in [4.78, 5) is 27.4. The van der Waals surface area contributed by atoms with Crippen LogP contribution in [0.2, 0.25) is 5.02 Å². The van der Waals surface area contributed by atoms with Gasteiger partial charge in [-0.1, -0.05) is 11.6 Å². The van der Waals surface area contributed by atoms with Crippen LogP contribution in [0.5, 0.6) is 0 Å². The molecule has 0 spiro atoms. The van der Waals surface area contributed by atoms with Crippen molar-refractivity contribution < 1.29 is 9.72 Å². The zero-order valence-corrected chi connectivity index (χ0v) is 14.1. The van der Waals surface area contributed by atoms with Crippen LogP contribution in [0, 0.1) is 10.1 Å². The Bertz CT molecular complexity index is 822. The van der Waals surface area contributed by atoms with Crippen LogP contribution in [0.4, 0.5) is 11.4 Å². The van der Waals surface area contributed by atoms with Crippen molar-refractivity contribution in [3.8, 4) is 0 Å². The molecule has 2 unspecified atom stereocenters. The predicted octanol–water partition coefficient (Wildman–Crippen LogP) is 3.76. The number of amides is 1. The van der Waals surface area contributed by atoms with Gasteiger partial charge in [-0.25, -0.2) is 0 Å². The number of anilines is 1. The second-order valence-electron chi connectivity index (χ2n) is 6.30. The van der Waals surface area contributed by atoms with Gasteiger partial charge in [0.25, 0.3) is 5.69 Å². The van der Waals surface area contributed by atoms with Gasteiger partial charge in [0.15, 0.2) is 0 Å². The molecule has 0 aliphatic carbocycles. The molecule has 128 valence electrons. The largest absolute Gasteiger partial charge is 0.291 e. The molecule has 25 heavy (non-hydrogen) atoms. The smallest absolute Gasteiger partial charge is 0.269 e. The van der Waals surface area contributed by atoms with E-state index in [0.29, 0.717) is 5.02 Å². The Morgan fingerprint density at radius 2 is 1.76 bits per heavy atom. The highest BCUT2D eigenvalue weighted by molar-refractivity contribution is 6.30. The summed E-state index contributed by atoms with van der Waals surface area (Å²) in [6.07, 6.45) is 1.57. The molecule has 2 atom stereocenters. The van der Waals surface area contributed by atoms with Crippen molar-refractivity contribution >= 4 is 28.9 Å². The molecule has 7 heteroatoms. The van der Waals surface area contributed by atoms with Crippen LogP contribution < -0.4 is 4.90 Å². The van der Waals surface area contributed by atoms with E-state index in [1.165, 1.54) is 12.1 Å². The van der Waals surface area contributed by atoms with Crippen molar-refractivity contribution in [1.29, 1.82) is 0 Å². The van der Waals surface area contributed by atoms with Gasteiger partial charge in [-0.15, -0.1) is 0 Å². The van der Waals surface area contributed by atoms with Gasteiger partial charge in [0.05, 0.1) is 11.0 Å². The zero-order valence-electron chi connectivity index (χ0n) is 13.3. The van der Waals surface area contributed by atoms with E-state index in [-0.39, 0.29) is 23.8 Å². The highest BCUT2D eigenvalue weighted by Gasteiger charge is 2.49. The fraction of sp³-hybridized carbons (Fsp3) is 0.278. The number of carbonyl (C=O) groups excluding carboxylic acids is 1. The molecule has 0 radical (unpaired) electrons. The standard InChI is InChI=1S/C18H16ClN3O3/c19-13-5-9-14(10-6-13)21-17(20-11-1-2-16(20)18(21)23)12-3-7-15(8-4-12)22(24)25/h3-10,16-17H,1-2,11H2. The number of hydrogen-bond acceptors (Lipinski definition) is 4. The van der Waals surface area contributed by atoms with Crippen molar-refractivity contribution in [2.45, 2.75) is 25.0 Å². The average molecular weight is 358 g/mol. The van der Waals surface area contributed by atoms with Crippen molar-refractivity contribution in [2.75, 3.05) is 11.4 Å². The van der Waals surface area contributed by atoms with Gasteiger partial charge in [-0.3, -0.25) is 24.7 Å². The minimum Gasteiger partial charge on any atom is -0.291 e. The van der Waals surface area contributed by atoms with Gasteiger partial charge < -0.3 is 0 Å². The lowest BCUT2D eigenvalue weighted by molar-refractivity contribution is -0.384. The van der Waals surface area contributed by atoms with Crippen LogP contribution in [0.25, 0.3) is 0 Å². The summed E-state index contributed by atoms with van der Waals surface area (Å²) in [5, 5.41) is 11.5. The van der Waals surface area contributed by atoms with E-state index in [1.807, 2.05) is 12.1 Å². The minimum absolute atomic E-state index is 0.0455. The molecule has 2 aromatic carbocycles. The van der Waals surface area contributed by atoms with Gasteiger partial charge >= 0.3 is 0 Å². The Morgan fingerprint density at radius 3 is 2.40 bits per heavy atom. The summed E-state index contributed by atoms with van der Waals surface area (Å²) in [6.45, 7) is 0.835. The number of hydrogen-bond donors (Lipinski definition) is 0. The van der Waals surface area contributed by atoms with Crippen LogP contribution in [0.1, 0.15) is 24.6 Å². The quantitative estimate of drug-likeness (QED) is 0.619. The highest BCUT2D eigenvalue weighted by atomic mass is 35.5. The van der Waals surface area contributed by atoms with Gasteiger partial charge in [-0.05, 0) is 54.8 Å². The van der Waals surface area contributed by atoms with E-state index in [0.717, 1.165) is 30.6 Å². The number of rotatable bonds is 3. The summed E-state index contributed by atoms with van der Waals surface area (Å²) < 4.78 is 0. The lowest BCUT2D eigenvalue weighted by atomic mass is 10.1. The van der Waals surface area contributed by atoms with Crippen molar-refractivity contribution in [1.82, 2.24) is 4.90 Å². The van der Waals surface area contributed by atoms with Crippen molar-refractivity contribution in [3.63, 3.8) is 0 Å². The molecule has 2 saturated heterocycles. The maximum absolute atomic E-state index is 13.0. The molecule has 0 aromatic heterocycles. The van der Waals surface area contributed by atoms with Crippen LogP contribution >= 0.6 is 11.6 Å². The number of carbonyl (C=O) groups is 1. The maximum atomic E-state index is 13.0. The topological polar surface area (TPSA) is 66.7 Å². The SMILES string of the molecule is O=C1C2CCCN2C(c2ccc([N+](=O)[O-])cc2)N1c1ccc(Cl)cc1. The monoisotopic (exact) mass is 357 g/mol. The predicted molar refractivity (Wildman–Crippen MR) is 94.5 cm³/mol. The van der Waals surface area contributed by atoms with Crippen LogP contribution in [0.15, 0.2) is 48.5 Å². The van der Waals surface area contributed by atoms with Gasteiger partial charge in [0.2, 0.25) is 5.91 Å². The molecule has 4 rings (SSSR count). The van der Waals surface area contributed by atoms with E-state index >= 15 is 0 Å². The second kappa shape index (κ2) is 6.13. The number of benzene rings is 2. The summed E-state index contributed by atoms with van der Waals surface area (Å²) in [7, 11) is 0. The van der Waals surface area contributed by atoms with Crippen molar-refractivity contribution in [3.05, 3.63) is 69.2 Å². The lowest BCUT2D eigenvalue weighted by Gasteiger charge is -2.29. The first-order valence-corrected chi connectivity index (χ1v) is 8.53. The van der Waals surface area contributed by atoms with Gasteiger partial charge in [0.1, 0.15) is 6.17 Å². The van der Waals surface area contributed by atoms with Crippen molar-refractivity contribution in [2.24, 2.45) is 0 Å². The Morgan fingerprint density at radius 1 is 1.08 bits per heavy atom. The molecule has 2 aliphatic heterocycles. The fourth-order valence-electron chi connectivity index (χ4n) is 3.76. The molecule has 2 fully saturated rings. The first-order valence-electron chi connectivity index (χ1n) is 8.15. The van der Waals surface area contributed by atoms with E-state index < -0.39 is 4.92 Å². The number of nitrogens with zero attached hydrogens (tertiary/aromatic N) is 3. The van der Waals surface area contributed by atoms with E-state index in [1.54, 1.807) is 29.2 Å². The summed E-state index contributed by atoms with van der Waals surface area (Å²) in [6, 6.07) is 13.5. The summed E-state index contributed by atoms with van der Waals surface area (Å²) in [5.41, 5.74) is 1.70. The third-order valence-corrected chi connectivity index (χ3v) is 5.13. The normalized spacial score (nSPS) is 23.1. The third-order valence-electron chi connectivity index (χ3n) is 4.88. The molecular formula is C18H16ClN3O3. The molecular weight excluding hydrogens is 342 g/mol. The first-order chi connectivity index (χ1) is 12.1. The Balaban J connectivity index is 1.76. The molecule has 1 amide bonds. The number of non-ortho nitro benzene ring substituents is 1. The molecule has 0 saturated carbocycles. The van der Waals surface area contributed by atoms with Gasteiger partial charge in [-0.2, -0.15) is 0 Å². The molecule has 0 N–H and O–H groups in total. The Hall–Kier alpha value is -2.44. The molecule has 2 aliphatic rings. The average Bonchev–Trinajstić information content (AvgIpc) is 3.18. The minimum atomic E-state index is -0.417. The lowest BCUT2D eigenvalue weighted by Crippen LogP contribution is -2.32. The number of nitro groups is 1. The summed E-state index contributed by atoms with van der Waals surface area (Å²) >= 11 is 5.97. The fourth-order valence-corrected chi connectivity index (χ4v) is 3.88. The first kappa shape index (κ1) is 16.1. The van der Waals surface area contributed by atoms with Crippen LogP contribution in [-0.2, 0) is 4.79 Å². The van der Waals surface area contributed by atoms with Crippen LogP contribution in [0.3, 0.4) is 0 Å². The maximum Gasteiger partial charge on any atom is 0.269 e. The second-order valence-corrected chi connectivity index (χ2v) is 6.74. The van der Waals surface area contributed by atoms with E-state index in [2.05, 4.69) is 4.90 Å². The third kappa shape index (κ3) is 2.67. The van der Waals surface area contributed by atoms with E-state index in [4.69, 9.17) is 11.6 Å². The number of nitro benzene ring substituents is 1. The Labute approximate surface area is 149 Å². The number of halogens is 1. The molecule has 2 aromatic rings. The molecule has 2 heterocycles. The van der Waals surface area contributed by atoms with E-state index in [9.17, 15) is 14.9 Å². The highest BCUT2D eigenvalue weighted by Crippen LogP contribution is 2.42. The number of fused-ring (bicyclic) bond motifs is 1. The summed E-state index contributed by atoms with van der Waals surface area (Å²) in [5.74, 6) is 0.0724. The van der Waals surface area contributed by atoms with Gasteiger partial charge in [0, 0.05) is 29.4 Å².